The van der Waals surface area contributed by atoms with Gasteiger partial charge in [0.15, 0.2) is 0 Å². The summed E-state index contributed by atoms with van der Waals surface area (Å²) in [5.41, 5.74) is 0. The van der Waals surface area contributed by atoms with Crippen molar-refractivity contribution in [3.8, 4) is 0 Å². The number of nitrogens with zero attached hydrogens (tertiary/aromatic N) is 1. The maximum atomic E-state index is 9.68. The molecule has 0 radical (unpaired) electrons. The summed E-state index contributed by atoms with van der Waals surface area (Å²) in [6, 6.07) is 0. The van der Waals surface area contributed by atoms with Crippen LogP contribution in [0.5, 0.6) is 0 Å². The van der Waals surface area contributed by atoms with Crippen LogP contribution in [0.1, 0.15) is 20.8 Å². The summed E-state index contributed by atoms with van der Waals surface area (Å²) in [6.45, 7) is 9.66. The highest BCUT2D eigenvalue weighted by atomic mass is 16.5. The minimum Gasteiger partial charge on any atom is -0.392 e. The van der Waals surface area contributed by atoms with Gasteiger partial charge < -0.3 is 9.84 Å². The molecule has 0 aromatic carbocycles. The lowest BCUT2D eigenvalue weighted by molar-refractivity contribution is -0.0365. The van der Waals surface area contributed by atoms with Crippen LogP contribution in [0, 0.1) is 5.92 Å². The third-order valence-corrected chi connectivity index (χ3v) is 2.54. The molecule has 13 heavy (non-hydrogen) atoms. The molecule has 3 nitrogen and oxygen atoms in total. The molecule has 0 aromatic heterocycles. The standard InChI is InChI=1S/C10H21NO2/c1-8(2)10(12)7-11-4-5-13-9(3)6-11/h8-10,12H,4-7H2,1-3H3/t9-,10?/m1/s1. The molecule has 0 spiro atoms. The number of ether oxygens (including phenoxy) is 1. The van der Waals surface area contributed by atoms with Crippen molar-refractivity contribution in [2.24, 2.45) is 5.92 Å². The van der Waals surface area contributed by atoms with E-state index in [9.17, 15) is 5.11 Å². The van der Waals surface area contributed by atoms with Gasteiger partial charge in [-0.05, 0) is 12.8 Å². The van der Waals surface area contributed by atoms with Gasteiger partial charge in [0.25, 0.3) is 0 Å². The summed E-state index contributed by atoms with van der Waals surface area (Å²) in [5, 5.41) is 9.68. The largest absolute Gasteiger partial charge is 0.392 e. The van der Waals surface area contributed by atoms with Crippen LogP contribution in [-0.2, 0) is 4.74 Å². The van der Waals surface area contributed by atoms with Crippen LogP contribution in [0.15, 0.2) is 0 Å². The summed E-state index contributed by atoms with van der Waals surface area (Å²) in [6.07, 6.45) is 0.110. The van der Waals surface area contributed by atoms with Crippen molar-refractivity contribution in [2.75, 3.05) is 26.2 Å². The lowest BCUT2D eigenvalue weighted by Gasteiger charge is -2.33. The van der Waals surface area contributed by atoms with Crippen LogP contribution < -0.4 is 0 Å². The fourth-order valence-electron chi connectivity index (χ4n) is 1.53. The fourth-order valence-corrected chi connectivity index (χ4v) is 1.53. The molecule has 78 valence electrons. The van der Waals surface area contributed by atoms with Crippen molar-refractivity contribution >= 4 is 0 Å². The summed E-state index contributed by atoms with van der Waals surface area (Å²) in [5.74, 6) is 0.346. The molecule has 3 heteroatoms. The second kappa shape index (κ2) is 4.94. The maximum Gasteiger partial charge on any atom is 0.0690 e. The average Bonchev–Trinajstić information content (AvgIpc) is 2.04. The number of hydrogen-bond donors (Lipinski definition) is 1. The van der Waals surface area contributed by atoms with Gasteiger partial charge >= 0.3 is 0 Å². The highest BCUT2D eigenvalue weighted by Gasteiger charge is 2.20. The summed E-state index contributed by atoms with van der Waals surface area (Å²) >= 11 is 0. The first kappa shape index (κ1) is 11.0. The van der Waals surface area contributed by atoms with Gasteiger partial charge in [-0.3, -0.25) is 4.90 Å². The molecular weight excluding hydrogens is 166 g/mol. The normalized spacial score (nSPS) is 27.9. The number of rotatable bonds is 3. The predicted octanol–water partition coefficient (Wildman–Crippen LogP) is 0.724. The Morgan fingerprint density at radius 2 is 2.23 bits per heavy atom. The molecular formula is C10H21NO2. The Morgan fingerprint density at radius 3 is 2.77 bits per heavy atom. The Hall–Kier alpha value is -0.120. The minimum atomic E-state index is -0.203. The van der Waals surface area contributed by atoms with Crippen molar-refractivity contribution in [2.45, 2.75) is 33.0 Å². The molecule has 1 rings (SSSR count). The molecule has 1 aliphatic heterocycles. The van der Waals surface area contributed by atoms with E-state index in [0.29, 0.717) is 12.0 Å². The van der Waals surface area contributed by atoms with Crippen molar-refractivity contribution in [3.05, 3.63) is 0 Å². The minimum absolute atomic E-state index is 0.203. The number of aliphatic hydroxyl groups excluding tert-OH is 1. The topological polar surface area (TPSA) is 32.7 Å². The van der Waals surface area contributed by atoms with E-state index in [1.165, 1.54) is 0 Å². The predicted molar refractivity (Wildman–Crippen MR) is 52.7 cm³/mol. The van der Waals surface area contributed by atoms with Gasteiger partial charge in [0.05, 0.1) is 18.8 Å². The second-order valence-corrected chi connectivity index (χ2v) is 4.25. The first-order chi connectivity index (χ1) is 6.09. The molecule has 1 heterocycles. The Labute approximate surface area is 80.7 Å². The monoisotopic (exact) mass is 187 g/mol. The Morgan fingerprint density at radius 1 is 1.54 bits per heavy atom. The fraction of sp³-hybridized carbons (Fsp3) is 1.00. The van der Waals surface area contributed by atoms with Crippen LogP contribution >= 0.6 is 0 Å². The molecule has 1 N–H and O–H groups in total. The van der Waals surface area contributed by atoms with E-state index in [-0.39, 0.29) is 6.10 Å². The van der Waals surface area contributed by atoms with E-state index < -0.39 is 0 Å². The number of aliphatic hydroxyl groups is 1. The van der Waals surface area contributed by atoms with Gasteiger partial charge in [-0.1, -0.05) is 13.8 Å². The Bertz CT molecular complexity index is 150. The summed E-state index contributed by atoms with van der Waals surface area (Å²) in [7, 11) is 0. The second-order valence-electron chi connectivity index (χ2n) is 4.25. The van der Waals surface area contributed by atoms with E-state index in [1.807, 2.05) is 0 Å². The van der Waals surface area contributed by atoms with Crippen LogP contribution in [0.3, 0.4) is 0 Å². The highest BCUT2D eigenvalue weighted by molar-refractivity contribution is 4.72. The van der Waals surface area contributed by atoms with Gasteiger partial charge in [0.1, 0.15) is 0 Å². The van der Waals surface area contributed by atoms with Gasteiger partial charge in [-0.2, -0.15) is 0 Å². The van der Waals surface area contributed by atoms with E-state index >= 15 is 0 Å². The maximum absolute atomic E-state index is 9.68. The molecule has 1 unspecified atom stereocenters. The van der Waals surface area contributed by atoms with Crippen LogP contribution in [-0.4, -0.2) is 48.5 Å². The van der Waals surface area contributed by atoms with Crippen molar-refractivity contribution < 1.29 is 9.84 Å². The zero-order chi connectivity index (χ0) is 9.84. The van der Waals surface area contributed by atoms with Gasteiger partial charge in [0.2, 0.25) is 0 Å². The SMILES string of the molecule is CC(C)C(O)CN1CCO[C@H](C)C1. The van der Waals surface area contributed by atoms with E-state index in [0.717, 1.165) is 26.2 Å². The molecule has 1 fully saturated rings. The molecule has 0 aromatic rings. The number of hydrogen-bond acceptors (Lipinski definition) is 3. The van der Waals surface area contributed by atoms with E-state index in [2.05, 4.69) is 25.7 Å². The Balaban J connectivity index is 2.27. The van der Waals surface area contributed by atoms with Crippen LogP contribution in [0.25, 0.3) is 0 Å². The van der Waals surface area contributed by atoms with Crippen LogP contribution in [0.2, 0.25) is 0 Å². The first-order valence-electron chi connectivity index (χ1n) is 5.11. The smallest absolute Gasteiger partial charge is 0.0690 e. The molecule has 0 bridgehead atoms. The third-order valence-electron chi connectivity index (χ3n) is 2.54. The molecule has 1 aliphatic rings. The number of β-amino-alcohol motifs (C(OH)–C–C–N with tert-alkyl or cyclic N) is 1. The van der Waals surface area contributed by atoms with E-state index in [1.54, 1.807) is 0 Å². The van der Waals surface area contributed by atoms with Crippen molar-refractivity contribution in [3.63, 3.8) is 0 Å². The van der Waals surface area contributed by atoms with Gasteiger partial charge in [0, 0.05) is 19.6 Å². The lowest BCUT2D eigenvalue weighted by atomic mass is 10.1. The average molecular weight is 187 g/mol. The molecule has 0 saturated carbocycles. The quantitative estimate of drug-likeness (QED) is 0.707. The molecule has 1 saturated heterocycles. The summed E-state index contributed by atoms with van der Waals surface area (Å²) in [4.78, 5) is 2.28. The third kappa shape index (κ3) is 3.63. The van der Waals surface area contributed by atoms with Gasteiger partial charge in [-0.15, -0.1) is 0 Å². The zero-order valence-electron chi connectivity index (χ0n) is 8.86. The molecule has 2 atom stereocenters. The van der Waals surface area contributed by atoms with Crippen LogP contribution in [0.4, 0.5) is 0 Å². The number of morpholine rings is 1. The molecule has 0 amide bonds. The Kier molecular flexibility index (Phi) is 4.16. The van der Waals surface area contributed by atoms with Crippen molar-refractivity contribution in [1.29, 1.82) is 0 Å². The van der Waals surface area contributed by atoms with E-state index in [4.69, 9.17) is 4.74 Å². The first-order valence-corrected chi connectivity index (χ1v) is 5.11. The highest BCUT2D eigenvalue weighted by Crippen LogP contribution is 2.08. The zero-order valence-corrected chi connectivity index (χ0v) is 8.86. The summed E-state index contributed by atoms with van der Waals surface area (Å²) < 4.78 is 5.43. The molecule has 0 aliphatic carbocycles. The van der Waals surface area contributed by atoms with Crippen molar-refractivity contribution in [1.82, 2.24) is 4.90 Å². The lowest BCUT2D eigenvalue weighted by Crippen LogP contribution is -2.45. The van der Waals surface area contributed by atoms with Gasteiger partial charge in [-0.25, -0.2) is 0 Å².